The fraction of sp³-hybridized carbons (Fsp3) is 0.158. The average Bonchev–Trinajstić information content (AvgIpc) is 2.97. The Morgan fingerprint density at radius 3 is 2.72 bits per heavy atom. The summed E-state index contributed by atoms with van der Waals surface area (Å²) in [6.07, 6.45) is 1.97. The number of aryl methyl sites for hydroxylation is 1. The molecule has 0 saturated heterocycles. The van der Waals surface area contributed by atoms with E-state index in [9.17, 15) is 14.7 Å². The summed E-state index contributed by atoms with van der Waals surface area (Å²) < 4.78 is 0. The average molecular weight is 337 g/mol. The molecule has 1 unspecified atom stereocenters. The first-order valence-corrected chi connectivity index (χ1v) is 7.95. The number of fused-ring (bicyclic) bond motifs is 1. The number of aromatic nitrogens is 1. The minimum Gasteiger partial charge on any atom is -0.480 e. The number of nitrogens with one attached hydrogen (secondary N) is 3. The zero-order chi connectivity index (χ0) is 17.8. The third-order valence-corrected chi connectivity index (χ3v) is 3.98. The molecule has 0 aliphatic carbocycles. The molecule has 0 saturated carbocycles. The number of hydrogen-bond acceptors (Lipinski definition) is 2. The van der Waals surface area contributed by atoms with Crippen LogP contribution in [0.5, 0.6) is 0 Å². The fourth-order valence-corrected chi connectivity index (χ4v) is 2.77. The van der Waals surface area contributed by atoms with Crippen LogP contribution in [0.4, 0.5) is 10.5 Å². The van der Waals surface area contributed by atoms with Crippen molar-refractivity contribution in [2.24, 2.45) is 0 Å². The summed E-state index contributed by atoms with van der Waals surface area (Å²) in [7, 11) is 0. The zero-order valence-electron chi connectivity index (χ0n) is 13.7. The van der Waals surface area contributed by atoms with E-state index in [2.05, 4.69) is 15.6 Å². The second-order valence-electron chi connectivity index (χ2n) is 5.92. The number of carboxylic acids is 1. The molecule has 0 aliphatic rings. The van der Waals surface area contributed by atoms with Crippen LogP contribution in [-0.4, -0.2) is 28.1 Å². The van der Waals surface area contributed by atoms with E-state index in [0.717, 1.165) is 22.0 Å². The molecule has 1 aromatic heterocycles. The van der Waals surface area contributed by atoms with Gasteiger partial charge >= 0.3 is 12.0 Å². The lowest BCUT2D eigenvalue weighted by atomic mass is 10.1. The highest BCUT2D eigenvalue weighted by Crippen LogP contribution is 2.19. The van der Waals surface area contributed by atoms with Gasteiger partial charge in [-0.05, 0) is 36.2 Å². The van der Waals surface area contributed by atoms with Crippen LogP contribution in [-0.2, 0) is 11.2 Å². The number of benzene rings is 2. The third kappa shape index (κ3) is 3.98. The van der Waals surface area contributed by atoms with Crippen molar-refractivity contribution in [3.63, 3.8) is 0 Å². The van der Waals surface area contributed by atoms with Crippen LogP contribution in [0.1, 0.15) is 11.1 Å². The van der Waals surface area contributed by atoms with Crippen LogP contribution < -0.4 is 10.6 Å². The molecule has 3 aromatic rings. The number of rotatable bonds is 5. The summed E-state index contributed by atoms with van der Waals surface area (Å²) in [5.74, 6) is -1.08. The molecule has 25 heavy (non-hydrogen) atoms. The van der Waals surface area contributed by atoms with E-state index in [-0.39, 0.29) is 6.42 Å². The number of H-pyrrole nitrogens is 1. The molecule has 6 heteroatoms. The predicted octanol–water partition coefficient (Wildman–Crippen LogP) is 3.29. The van der Waals surface area contributed by atoms with Gasteiger partial charge in [-0.15, -0.1) is 0 Å². The molecular formula is C19H19N3O3. The highest BCUT2D eigenvalue weighted by molar-refractivity contribution is 5.92. The molecule has 0 spiro atoms. The van der Waals surface area contributed by atoms with Gasteiger partial charge in [-0.25, -0.2) is 9.59 Å². The Labute approximate surface area is 144 Å². The van der Waals surface area contributed by atoms with Crippen molar-refractivity contribution in [3.05, 3.63) is 65.9 Å². The Morgan fingerprint density at radius 2 is 1.96 bits per heavy atom. The monoisotopic (exact) mass is 337 g/mol. The molecule has 0 aliphatic heterocycles. The molecule has 128 valence electrons. The molecule has 0 fully saturated rings. The van der Waals surface area contributed by atoms with Crippen molar-refractivity contribution < 1.29 is 14.7 Å². The molecule has 6 nitrogen and oxygen atoms in total. The number of hydrogen-bond donors (Lipinski definition) is 4. The molecule has 0 bridgehead atoms. The number of aromatic amines is 1. The van der Waals surface area contributed by atoms with Gasteiger partial charge < -0.3 is 20.7 Å². The van der Waals surface area contributed by atoms with Crippen LogP contribution in [0.2, 0.25) is 0 Å². The lowest BCUT2D eigenvalue weighted by molar-refractivity contribution is -0.139. The number of carbonyl (C=O) groups excluding carboxylic acids is 1. The van der Waals surface area contributed by atoms with Crippen LogP contribution in [0.15, 0.2) is 54.7 Å². The van der Waals surface area contributed by atoms with E-state index in [0.29, 0.717) is 5.69 Å². The van der Waals surface area contributed by atoms with Gasteiger partial charge in [0.2, 0.25) is 0 Å². The van der Waals surface area contributed by atoms with Gasteiger partial charge in [0.05, 0.1) is 0 Å². The maximum absolute atomic E-state index is 12.1. The van der Waals surface area contributed by atoms with E-state index < -0.39 is 18.0 Å². The second kappa shape index (κ2) is 7.09. The Morgan fingerprint density at radius 1 is 1.16 bits per heavy atom. The van der Waals surface area contributed by atoms with Gasteiger partial charge in [-0.3, -0.25) is 0 Å². The van der Waals surface area contributed by atoms with Crippen molar-refractivity contribution in [1.29, 1.82) is 0 Å². The van der Waals surface area contributed by atoms with Crippen LogP contribution in [0, 0.1) is 6.92 Å². The van der Waals surface area contributed by atoms with Crippen molar-refractivity contribution in [2.75, 3.05) is 5.32 Å². The lowest BCUT2D eigenvalue weighted by Gasteiger charge is -2.15. The van der Waals surface area contributed by atoms with E-state index in [1.165, 1.54) is 0 Å². The summed E-state index contributed by atoms with van der Waals surface area (Å²) in [6, 6.07) is 13.4. The standard InChI is InChI=1S/C19H19N3O3/c1-12-5-4-6-14(9-12)21-19(25)22-17(18(23)24)10-13-11-20-16-8-3-2-7-15(13)16/h2-9,11,17,20H,10H2,1H3,(H,23,24)(H2,21,22,25). The van der Waals surface area contributed by atoms with Crippen molar-refractivity contribution in [1.82, 2.24) is 10.3 Å². The quantitative estimate of drug-likeness (QED) is 0.575. The van der Waals surface area contributed by atoms with Gasteiger partial charge in [0.15, 0.2) is 0 Å². The number of carbonyl (C=O) groups is 2. The van der Waals surface area contributed by atoms with E-state index >= 15 is 0 Å². The fourth-order valence-electron chi connectivity index (χ4n) is 2.77. The first-order chi connectivity index (χ1) is 12.0. The first kappa shape index (κ1) is 16.6. The van der Waals surface area contributed by atoms with E-state index in [1.807, 2.05) is 49.4 Å². The lowest BCUT2D eigenvalue weighted by Crippen LogP contribution is -2.44. The van der Waals surface area contributed by atoms with Gasteiger partial charge in [-0.1, -0.05) is 30.3 Å². The molecule has 2 aromatic carbocycles. The summed E-state index contributed by atoms with van der Waals surface area (Å²) >= 11 is 0. The Hall–Kier alpha value is -3.28. The van der Waals surface area contributed by atoms with Crippen LogP contribution in [0.25, 0.3) is 10.9 Å². The number of carboxylic acid groups (broad SMARTS) is 1. The topological polar surface area (TPSA) is 94.2 Å². The smallest absolute Gasteiger partial charge is 0.326 e. The minimum absolute atomic E-state index is 0.195. The number of anilines is 1. The van der Waals surface area contributed by atoms with Crippen molar-refractivity contribution >= 4 is 28.6 Å². The SMILES string of the molecule is Cc1cccc(NC(=O)NC(Cc2c[nH]c3ccccc23)C(=O)O)c1. The normalized spacial score (nSPS) is 11.9. The van der Waals surface area contributed by atoms with E-state index in [4.69, 9.17) is 0 Å². The van der Waals surface area contributed by atoms with Crippen molar-refractivity contribution in [3.8, 4) is 0 Å². The maximum atomic E-state index is 12.1. The van der Waals surface area contributed by atoms with Gasteiger partial charge in [0.1, 0.15) is 6.04 Å². The van der Waals surface area contributed by atoms with Crippen molar-refractivity contribution in [2.45, 2.75) is 19.4 Å². The largest absolute Gasteiger partial charge is 0.480 e. The highest BCUT2D eigenvalue weighted by atomic mass is 16.4. The number of aliphatic carboxylic acids is 1. The molecule has 0 radical (unpaired) electrons. The Balaban J connectivity index is 1.71. The summed E-state index contributed by atoms with van der Waals surface area (Å²) in [5, 5.41) is 15.6. The number of amides is 2. The van der Waals surface area contributed by atoms with Gasteiger partial charge in [-0.2, -0.15) is 0 Å². The molecule has 2 amide bonds. The van der Waals surface area contributed by atoms with Crippen LogP contribution in [0.3, 0.4) is 0 Å². The van der Waals surface area contributed by atoms with E-state index in [1.54, 1.807) is 12.3 Å². The van der Waals surface area contributed by atoms with Gasteiger partial charge in [0.25, 0.3) is 0 Å². The predicted molar refractivity (Wildman–Crippen MR) is 96.8 cm³/mol. The summed E-state index contributed by atoms with van der Waals surface area (Å²) in [6.45, 7) is 1.92. The first-order valence-electron chi connectivity index (χ1n) is 7.95. The number of para-hydroxylation sites is 1. The molecule has 4 N–H and O–H groups in total. The molecule has 1 atom stereocenters. The molecule has 1 heterocycles. The summed E-state index contributed by atoms with van der Waals surface area (Å²) in [5.41, 5.74) is 3.41. The molecule has 3 rings (SSSR count). The second-order valence-corrected chi connectivity index (χ2v) is 5.92. The van der Waals surface area contributed by atoms with Crippen LogP contribution >= 0.6 is 0 Å². The number of urea groups is 1. The highest BCUT2D eigenvalue weighted by Gasteiger charge is 2.22. The summed E-state index contributed by atoms with van der Waals surface area (Å²) in [4.78, 5) is 26.8. The zero-order valence-corrected chi connectivity index (χ0v) is 13.7. The Kier molecular flexibility index (Phi) is 4.70. The Bertz CT molecular complexity index is 917. The van der Waals surface area contributed by atoms with Gasteiger partial charge in [0, 0.05) is 29.2 Å². The maximum Gasteiger partial charge on any atom is 0.326 e. The molecular weight excluding hydrogens is 318 g/mol. The minimum atomic E-state index is -1.08. The third-order valence-electron chi connectivity index (χ3n) is 3.98.